The quantitative estimate of drug-likeness (QED) is 0.698. The molecule has 0 radical (unpaired) electrons. The summed E-state index contributed by atoms with van der Waals surface area (Å²) in [6.07, 6.45) is 3.92. The molecular weight excluding hydrogens is 328 g/mol. The average Bonchev–Trinajstić information content (AvgIpc) is 3.32. The number of hydrogen-bond donors (Lipinski definition) is 0. The Morgan fingerprint density at radius 3 is 2.96 bits per heavy atom. The molecule has 1 aliphatic rings. The minimum Gasteiger partial charge on any atom is -0.497 e. The fourth-order valence-electron chi connectivity index (χ4n) is 3.38. The molecule has 4 rings (SSSR count). The first kappa shape index (κ1) is 16.7. The van der Waals surface area contributed by atoms with Gasteiger partial charge < -0.3 is 9.15 Å². The molecule has 3 heterocycles. The smallest absolute Gasteiger partial charge is 0.249 e. The molecule has 134 valence electrons. The molecule has 0 amide bonds. The van der Waals surface area contributed by atoms with Crippen LogP contribution in [0.4, 0.5) is 0 Å². The van der Waals surface area contributed by atoms with Gasteiger partial charge in [0.05, 0.1) is 18.7 Å². The summed E-state index contributed by atoms with van der Waals surface area (Å²) in [4.78, 5) is 6.69. The largest absolute Gasteiger partial charge is 0.497 e. The lowest BCUT2D eigenvalue weighted by Crippen LogP contribution is -2.23. The fraction of sp³-hybridized carbons (Fsp3) is 0.350. The van der Waals surface area contributed by atoms with Crippen molar-refractivity contribution in [3.63, 3.8) is 0 Å². The lowest BCUT2D eigenvalue weighted by Gasteiger charge is -2.21. The van der Waals surface area contributed by atoms with Crippen LogP contribution in [0.1, 0.15) is 36.0 Å². The number of hydrogen-bond acceptors (Lipinski definition) is 6. The van der Waals surface area contributed by atoms with Gasteiger partial charge in [0.15, 0.2) is 0 Å². The Labute approximate surface area is 152 Å². The minimum absolute atomic E-state index is 0.154. The van der Waals surface area contributed by atoms with Crippen LogP contribution in [0.5, 0.6) is 5.75 Å². The molecule has 0 aliphatic carbocycles. The standard InChI is InChI=1S/C20H22N4O2/c1-14-8-9-16(12-21-14)19-22-23-20(26-19)18-7-4-10-24(18)13-15-5-3-6-17(11-15)25-2/h3,5-6,8-9,11-12,18H,4,7,10,13H2,1-2H3/t18-/m0/s1. The van der Waals surface area contributed by atoms with Crippen molar-refractivity contribution in [1.82, 2.24) is 20.1 Å². The van der Waals surface area contributed by atoms with Crippen LogP contribution < -0.4 is 4.74 Å². The van der Waals surface area contributed by atoms with E-state index in [2.05, 4.69) is 32.2 Å². The van der Waals surface area contributed by atoms with Crippen molar-refractivity contribution in [1.29, 1.82) is 0 Å². The highest BCUT2D eigenvalue weighted by Gasteiger charge is 2.30. The van der Waals surface area contributed by atoms with E-state index < -0.39 is 0 Å². The maximum atomic E-state index is 5.98. The van der Waals surface area contributed by atoms with E-state index in [9.17, 15) is 0 Å². The van der Waals surface area contributed by atoms with Gasteiger partial charge >= 0.3 is 0 Å². The number of benzene rings is 1. The number of ether oxygens (including phenoxy) is 1. The van der Waals surface area contributed by atoms with Gasteiger partial charge in [-0.25, -0.2) is 0 Å². The van der Waals surface area contributed by atoms with Crippen molar-refractivity contribution in [2.45, 2.75) is 32.4 Å². The second-order valence-electron chi connectivity index (χ2n) is 6.61. The Hall–Kier alpha value is -2.73. The first-order valence-corrected chi connectivity index (χ1v) is 8.86. The number of methoxy groups -OCH3 is 1. The monoisotopic (exact) mass is 350 g/mol. The van der Waals surface area contributed by atoms with Crippen molar-refractivity contribution in [2.24, 2.45) is 0 Å². The van der Waals surface area contributed by atoms with Crippen LogP contribution in [-0.4, -0.2) is 33.7 Å². The first-order chi connectivity index (χ1) is 12.7. The number of aryl methyl sites for hydroxylation is 1. The second kappa shape index (κ2) is 7.25. The SMILES string of the molecule is COc1cccc(CN2CCC[C@H]2c2nnc(-c3ccc(C)nc3)o2)c1. The Kier molecular flexibility index (Phi) is 4.67. The second-order valence-corrected chi connectivity index (χ2v) is 6.61. The number of likely N-dealkylation sites (tertiary alicyclic amines) is 1. The molecule has 2 aromatic heterocycles. The first-order valence-electron chi connectivity index (χ1n) is 8.86. The van der Waals surface area contributed by atoms with E-state index in [1.807, 2.05) is 31.2 Å². The Morgan fingerprint density at radius 1 is 1.23 bits per heavy atom. The fourth-order valence-corrected chi connectivity index (χ4v) is 3.38. The third kappa shape index (κ3) is 3.46. The van der Waals surface area contributed by atoms with Crippen LogP contribution in [0.25, 0.3) is 11.5 Å². The van der Waals surface area contributed by atoms with Gasteiger partial charge in [0, 0.05) is 18.4 Å². The summed E-state index contributed by atoms with van der Waals surface area (Å²) in [7, 11) is 1.69. The number of aromatic nitrogens is 3. The summed E-state index contributed by atoms with van der Waals surface area (Å²) in [6.45, 7) is 3.81. The van der Waals surface area contributed by atoms with Gasteiger partial charge in [-0.3, -0.25) is 9.88 Å². The van der Waals surface area contributed by atoms with Gasteiger partial charge in [-0.2, -0.15) is 0 Å². The van der Waals surface area contributed by atoms with Crippen LogP contribution in [0, 0.1) is 6.92 Å². The van der Waals surface area contributed by atoms with Crippen molar-refractivity contribution in [3.05, 3.63) is 59.7 Å². The van der Waals surface area contributed by atoms with Gasteiger partial charge in [0.2, 0.25) is 11.8 Å². The van der Waals surface area contributed by atoms with Gasteiger partial charge in [-0.15, -0.1) is 10.2 Å². The summed E-state index contributed by atoms with van der Waals surface area (Å²) in [5.74, 6) is 2.09. The average molecular weight is 350 g/mol. The van der Waals surface area contributed by atoms with E-state index in [1.165, 1.54) is 5.56 Å². The molecule has 0 unspecified atom stereocenters. The normalized spacial score (nSPS) is 17.5. The van der Waals surface area contributed by atoms with E-state index in [0.29, 0.717) is 11.8 Å². The summed E-state index contributed by atoms with van der Waals surface area (Å²) in [5, 5.41) is 8.54. The van der Waals surface area contributed by atoms with E-state index in [-0.39, 0.29) is 6.04 Å². The molecule has 0 bridgehead atoms. The highest BCUT2D eigenvalue weighted by Crippen LogP contribution is 2.34. The zero-order valence-electron chi connectivity index (χ0n) is 15.1. The molecule has 6 heteroatoms. The molecule has 1 aromatic carbocycles. The third-order valence-electron chi connectivity index (χ3n) is 4.77. The number of nitrogens with zero attached hydrogens (tertiary/aromatic N) is 4. The van der Waals surface area contributed by atoms with Crippen molar-refractivity contribution < 1.29 is 9.15 Å². The van der Waals surface area contributed by atoms with Gasteiger partial charge in [-0.1, -0.05) is 12.1 Å². The highest BCUT2D eigenvalue weighted by molar-refractivity contribution is 5.50. The minimum atomic E-state index is 0.154. The van der Waals surface area contributed by atoms with Crippen LogP contribution >= 0.6 is 0 Å². The van der Waals surface area contributed by atoms with Crippen molar-refractivity contribution in [2.75, 3.05) is 13.7 Å². The molecule has 1 saturated heterocycles. The van der Waals surface area contributed by atoms with E-state index in [1.54, 1.807) is 13.3 Å². The van der Waals surface area contributed by atoms with E-state index in [4.69, 9.17) is 9.15 Å². The van der Waals surface area contributed by atoms with Gasteiger partial charge in [0.1, 0.15) is 5.75 Å². The van der Waals surface area contributed by atoms with Crippen LogP contribution in [0.3, 0.4) is 0 Å². The molecule has 1 aliphatic heterocycles. The summed E-state index contributed by atoms with van der Waals surface area (Å²) in [6, 6.07) is 12.2. The lowest BCUT2D eigenvalue weighted by atomic mass is 10.1. The molecule has 0 N–H and O–H groups in total. The lowest BCUT2D eigenvalue weighted by molar-refractivity contribution is 0.215. The Bertz CT molecular complexity index is 876. The maximum Gasteiger partial charge on any atom is 0.249 e. The van der Waals surface area contributed by atoms with Crippen LogP contribution in [0.2, 0.25) is 0 Å². The van der Waals surface area contributed by atoms with E-state index in [0.717, 1.165) is 42.9 Å². The molecule has 1 fully saturated rings. The molecular formula is C20H22N4O2. The van der Waals surface area contributed by atoms with Crippen molar-refractivity contribution >= 4 is 0 Å². The molecule has 0 spiro atoms. The molecule has 3 aromatic rings. The molecule has 0 saturated carbocycles. The number of rotatable bonds is 5. The van der Waals surface area contributed by atoms with Crippen molar-refractivity contribution in [3.8, 4) is 17.2 Å². The molecule has 26 heavy (non-hydrogen) atoms. The summed E-state index contributed by atoms with van der Waals surface area (Å²) in [5.41, 5.74) is 3.04. The topological polar surface area (TPSA) is 64.3 Å². The maximum absolute atomic E-state index is 5.98. The van der Waals surface area contributed by atoms with E-state index >= 15 is 0 Å². The summed E-state index contributed by atoms with van der Waals surface area (Å²) < 4.78 is 11.3. The zero-order chi connectivity index (χ0) is 17.9. The predicted molar refractivity (Wildman–Crippen MR) is 97.6 cm³/mol. The molecule has 6 nitrogen and oxygen atoms in total. The van der Waals surface area contributed by atoms with Crippen LogP contribution in [0.15, 0.2) is 47.0 Å². The van der Waals surface area contributed by atoms with Gasteiger partial charge in [-0.05, 0) is 56.1 Å². The Morgan fingerprint density at radius 2 is 2.15 bits per heavy atom. The third-order valence-corrected chi connectivity index (χ3v) is 4.77. The van der Waals surface area contributed by atoms with Crippen LogP contribution in [-0.2, 0) is 6.54 Å². The summed E-state index contributed by atoms with van der Waals surface area (Å²) >= 11 is 0. The Balaban J connectivity index is 1.52. The highest BCUT2D eigenvalue weighted by atomic mass is 16.5. The van der Waals surface area contributed by atoms with Gasteiger partial charge in [0.25, 0.3) is 0 Å². The molecule has 1 atom stereocenters. The predicted octanol–water partition coefficient (Wildman–Crippen LogP) is 3.79. The zero-order valence-corrected chi connectivity index (χ0v) is 15.1. The number of pyridine rings is 1.